The van der Waals surface area contributed by atoms with Gasteiger partial charge in [-0.3, -0.25) is 10.1 Å². The standard InChI is InChI=1S/C9H16N2O/c1-2-9(12)11-6-7-3-4-10-8(11)5-7/h7-8,10H,2-6H2,1H3. The third-order valence-corrected chi connectivity index (χ3v) is 2.94. The third kappa shape index (κ3) is 1.22. The number of carbonyl (C=O) groups is 1. The maximum Gasteiger partial charge on any atom is 0.223 e. The SMILES string of the molecule is CCC(=O)N1CC2CCNC1C2. The molecule has 1 amide bonds. The summed E-state index contributed by atoms with van der Waals surface area (Å²) in [6.45, 7) is 4.01. The second kappa shape index (κ2) is 3.05. The summed E-state index contributed by atoms with van der Waals surface area (Å²) in [5.74, 6) is 1.07. The van der Waals surface area contributed by atoms with Gasteiger partial charge >= 0.3 is 0 Å². The number of nitrogens with zero attached hydrogens (tertiary/aromatic N) is 1. The van der Waals surface area contributed by atoms with E-state index in [4.69, 9.17) is 0 Å². The van der Waals surface area contributed by atoms with E-state index in [1.165, 1.54) is 12.8 Å². The first-order valence-electron chi connectivity index (χ1n) is 4.84. The summed E-state index contributed by atoms with van der Waals surface area (Å²) in [7, 11) is 0. The van der Waals surface area contributed by atoms with Crippen LogP contribution in [-0.2, 0) is 4.79 Å². The van der Waals surface area contributed by atoms with Crippen molar-refractivity contribution in [1.82, 2.24) is 10.2 Å². The summed E-state index contributed by atoms with van der Waals surface area (Å²) in [6, 6.07) is 0. The van der Waals surface area contributed by atoms with E-state index in [1.807, 2.05) is 11.8 Å². The molecule has 2 atom stereocenters. The Kier molecular flexibility index (Phi) is 2.05. The molecule has 0 spiro atoms. The molecule has 2 bridgehead atoms. The zero-order valence-electron chi connectivity index (χ0n) is 7.55. The average molecular weight is 168 g/mol. The van der Waals surface area contributed by atoms with E-state index in [0.717, 1.165) is 19.0 Å². The normalized spacial score (nSPS) is 33.9. The van der Waals surface area contributed by atoms with Gasteiger partial charge in [0.05, 0.1) is 6.17 Å². The molecule has 68 valence electrons. The Balaban J connectivity index is 2.04. The fraction of sp³-hybridized carbons (Fsp3) is 0.889. The second-order valence-corrected chi connectivity index (χ2v) is 3.76. The molecule has 0 aromatic heterocycles. The van der Waals surface area contributed by atoms with Gasteiger partial charge in [0, 0.05) is 13.0 Å². The van der Waals surface area contributed by atoms with Crippen molar-refractivity contribution in [3.05, 3.63) is 0 Å². The van der Waals surface area contributed by atoms with Crippen LogP contribution in [0.25, 0.3) is 0 Å². The molecule has 2 heterocycles. The molecule has 0 aromatic carbocycles. The number of hydrogen-bond acceptors (Lipinski definition) is 2. The Bertz CT molecular complexity index is 193. The van der Waals surface area contributed by atoms with Gasteiger partial charge in [0.25, 0.3) is 0 Å². The van der Waals surface area contributed by atoms with E-state index >= 15 is 0 Å². The van der Waals surface area contributed by atoms with Gasteiger partial charge in [0.15, 0.2) is 0 Å². The predicted molar refractivity (Wildman–Crippen MR) is 46.5 cm³/mol. The van der Waals surface area contributed by atoms with E-state index in [2.05, 4.69) is 5.32 Å². The molecule has 2 unspecified atom stereocenters. The number of nitrogens with one attached hydrogen (secondary N) is 1. The summed E-state index contributed by atoms with van der Waals surface area (Å²) >= 11 is 0. The number of amides is 1. The highest BCUT2D eigenvalue weighted by molar-refractivity contribution is 5.76. The molecule has 2 aliphatic heterocycles. The number of carbonyl (C=O) groups excluding carboxylic acids is 1. The van der Waals surface area contributed by atoms with Crippen LogP contribution in [0.1, 0.15) is 26.2 Å². The summed E-state index contributed by atoms with van der Waals surface area (Å²) in [4.78, 5) is 13.5. The molecule has 0 radical (unpaired) electrons. The minimum absolute atomic E-state index is 0.303. The topological polar surface area (TPSA) is 32.3 Å². The molecular weight excluding hydrogens is 152 g/mol. The molecule has 12 heavy (non-hydrogen) atoms. The number of rotatable bonds is 1. The van der Waals surface area contributed by atoms with Gasteiger partial charge in [-0.2, -0.15) is 0 Å². The van der Waals surface area contributed by atoms with Crippen LogP contribution in [0.4, 0.5) is 0 Å². The monoisotopic (exact) mass is 168 g/mol. The average Bonchev–Trinajstić information content (AvgIpc) is 2.40. The molecule has 2 saturated heterocycles. The largest absolute Gasteiger partial charge is 0.327 e. The van der Waals surface area contributed by atoms with Gasteiger partial charge in [-0.25, -0.2) is 0 Å². The maximum atomic E-state index is 11.4. The predicted octanol–water partition coefficient (Wildman–Crippen LogP) is 0.564. The summed E-state index contributed by atoms with van der Waals surface area (Å²) in [5, 5.41) is 3.38. The van der Waals surface area contributed by atoms with Gasteiger partial charge in [0.1, 0.15) is 0 Å². The minimum atomic E-state index is 0.303. The van der Waals surface area contributed by atoms with Crippen LogP contribution in [0.15, 0.2) is 0 Å². The van der Waals surface area contributed by atoms with Crippen molar-refractivity contribution in [2.75, 3.05) is 13.1 Å². The van der Waals surface area contributed by atoms with E-state index in [-0.39, 0.29) is 0 Å². The second-order valence-electron chi connectivity index (χ2n) is 3.76. The van der Waals surface area contributed by atoms with Crippen molar-refractivity contribution in [3.63, 3.8) is 0 Å². The Morgan fingerprint density at radius 3 is 3.17 bits per heavy atom. The summed E-state index contributed by atoms with van der Waals surface area (Å²) in [5.41, 5.74) is 0. The van der Waals surface area contributed by atoms with Gasteiger partial charge in [-0.05, 0) is 25.3 Å². The zero-order chi connectivity index (χ0) is 8.55. The molecule has 3 nitrogen and oxygen atoms in total. The lowest BCUT2D eigenvalue weighted by Crippen LogP contribution is -2.44. The van der Waals surface area contributed by atoms with Crippen LogP contribution in [0.2, 0.25) is 0 Å². The van der Waals surface area contributed by atoms with E-state index < -0.39 is 0 Å². The lowest BCUT2D eigenvalue weighted by Gasteiger charge is -2.25. The van der Waals surface area contributed by atoms with Crippen LogP contribution in [0.3, 0.4) is 0 Å². The van der Waals surface area contributed by atoms with Crippen LogP contribution in [0.5, 0.6) is 0 Å². The smallest absolute Gasteiger partial charge is 0.223 e. The fourth-order valence-corrected chi connectivity index (χ4v) is 2.26. The summed E-state index contributed by atoms with van der Waals surface area (Å²) < 4.78 is 0. The molecule has 2 fully saturated rings. The van der Waals surface area contributed by atoms with Gasteiger partial charge in [-0.15, -0.1) is 0 Å². The zero-order valence-corrected chi connectivity index (χ0v) is 7.55. The van der Waals surface area contributed by atoms with Crippen LogP contribution < -0.4 is 5.32 Å². The molecular formula is C9H16N2O. The number of likely N-dealkylation sites (tertiary alicyclic amines) is 1. The number of fused-ring (bicyclic) bond motifs is 2. The minimum Gasteiger partial charge on any atom is -0.327 e. The van der Waals surface area contributed by atoms with Crippen molar-refractivity contribution in [3.8, 4) is 0 Å². The first-order chi connectivity index (χ1) is 5.81. The highest BCUT2D eigenvalue weighted by Crippen LogP contribution is 2.27. The molecule has 0 saturated carbocycles. The van der Waals surface area contributed by atoms with Crippen molar-refractivity contribution in [2.24, 2.45) is 5.92 Å². The molecule has 0 aliphatic carbocycles. The Labute approximate surface area is 73.1 Å². The molecule has 1 N–H and O–H groups in total. The van der Waals surface area contributed by atoms with Crippen LogP contribution in [-0.4, -0.2) is 30.1 Å². The first-order valence-corrected chi connectivity index (χ1v) is 4.84. The van der Waals surface area contributed by atoms with Crippen molar-refractivity contribution in [2.45, 2.75) is 32.4 Å². The number of hydrogen-bond donors (Lipinski definition) is 1. The molecule has 2 rings (SSSR count). The Hall–Kier alpha value is -0.570. The van der Waals surface area contributed by atoms with Crippen LogP contribution >= 0.6 is 0 Å². The van der Waals surface area contributed by atoms with E-state index in [9.17, 15) is 4.79 Å². The van der Waals surface area contributed by atoms with Gasteiger partial charge < -0.3 is 4.90 Å². The molecule has 0 aromatic rings. The molecule has 3 heteroatoms. The van der Waals surface area contributed by atoms with Crippen molar-refractivity contribution < 1.29 is 4.79 Å². The lowest BCUT2D eigenvalue weighted by molar-refractivity contribution is -0.132. The van der Waals surface area contributed by atoms with Crippen molar-refractivity contribution in [1.29, 1.82) is 0 Å². The summed E-state index contributed by atoms with van der Waals surface area (Å²) in [6.07, 6.45) is 3.41. The fourth-order valence-electron chi connectivity index (χ4n) is 2.26. The first kappa shape index (κ1) is 8.05. The number of piperidine rings is 1. The van der Waals surface area contributed by atoms with Crippen molar-refractivity contribution >= 4 is 5.91 Å². The highest BCUT2D eigenvalue weighted by atomic mass is 16.2. The van der Waals surface area contributed by atoms with E-state index in [1.54, 1.807) is 0 Å². The van der Waals surface area contributed by atoms with Crippen LogP contribution in [0, 0.1) is 5.92 Å². The quantitative estimate of drug-likeness (QED) is 0.620. The Morgan fingerprint density at radius 1 is 1.67 bits per heavy atom. The van der Waals surface area contributed by atoms with Gasteiger partial charge in [-0.1, -0.05) is 6.92 Å². The highest BCUT2D eigenvalue weighted by Gasteiger charge is 2.36. The van der Waals surface area contributed by atoms with E-state index in [0.29, 0.717) is 18.5 Å². The maximum absolute atomic E-state index is 11.4. The lowest BCUT2D eigenvalue weighted by atomic mass is 10.0. The third-order valence-electron chi connectivity index (χ3n) is 2.94. The Morgan fingerprint density at radius 2 is 2.50 bits per heavy atom. The molecule has 2 aliphatic rings. The van der Waals surface area contributed by atoms with Gasteiger partial charge in [0.2, 0.25) is 5.91 Å².